The van der Waals surface area contributed by atoms with Crippen LogP contribution in [-0.4, -0.2) is 19.9 Å². The Morgan fingerprint density at radius 2 is 2.12 bits per heavy atom. The Kier molecular flexibility index (Phi) is 2.94. The summed E-state index contributed by atoms with van der Waals surface area (Å²) in [7, 11) is 0. The van der Waals surface area contributed by atoms with Crippen molar-refractivity contribution in [1.29, 1.82) is 0 Å². The average molecular weight is 238 g/mol. The molecular weight excluding hydrogens is 226 g/mol. The van der Waals surface area contributed by atoms with Crippen molar-refractivity contribution in [2.45, 2.75) is 20.5 Å². The standard InChI is InChI=1S/C11H12ClN3O/c1-7-13-8(2)15(14-7)11-5-10(12)4-3-9(11)6-16/h3-5,16H,6H2,1-2H3. The van der Waals surface area contributed by atoms with Gasteiger partial charge in [-0.15, -0.1) is 0 Å². The molecular formula is C11H12ClN3O. The van der Waals surface area contributed by atoms with E-state index in [9.17, 15) is 5.11 Å². The lowest BCUT2D eigenvalue weighted by atomic mass is 10.2. The molecule has 2 rings (SSSR count). The van der Waals surface area contributed by atoms with Crippen LogP contribution in [0, 0.1) is 13.8 Å². The maximum atomic E-state index is 9.26. The van der Waals surface area contributed by atoms with Gasteiger partial charge >= 0.3 is 0 Å². The molecule has 0 saturated carbocycles. The third-order valence-corrected chi connectivity index (χ3v) is 2.56. The summed E-state index contributed by atoms with van der Waals surface area (Å²) in [6, 6.07) is 5.30. The van der Waals surface area contributed by atoms with Crippen molar-refractivity contribution in [3.8, 4) is 5.69 Å². The van der Waals surface area contributed by atoms with E-state index < -0.39 is 0 Å². The molecule has 0 radical (unpaired) electrons. The number of aryl methyl sites for hydroxylation is 2. The van der Waals surface area contributed by atoms with Crippen LogP contribution in [0.5, 0.6) is 0 Å². The Hall–Kier alpha value is -1.39. The zero-order valence-corrected chi connectivity index (χ0v) is 9.86. The highest BCUT2D eigenvalue weighted by molar-refractivity contribution is 6.30. The highest BCUT2D eigenvalue weighted by Crippen LogP contribution is 2.20. The lowest BCUT2D eigenvalue weighted by molar-refractivity contribution is 0.281. The Bertz CT molecular complexity index is 522. The van der Waals surface area contributed by atoms with Crippen LogP contribution >= 0.6 is 11.6 Å². The molecule has 1 aromatic carbocycles. The number of halogens is 1. The average Bonchev–Trinajstić information content (AvgIpc) is 2.57. The van der Waals surface area contributed by atoms with Gasteiger partial charge in [-0.05, 0) is 26.0 Å². The van der Waals surface area contributed by atoms with E-state index in [1.807, 2.05) is 13.8 Å². The molecule has 4 nitrogen and oxygen atoms in total. The normalized spacial score (nSPS) is 10.8. The van der Waals surface area contributed by atoms with Crippen LogP contribution in [-0.2, 0) is 6.61 Å². The van der Waals surface area contributed by atoms with Crippen molar-refractivity contribution >= 4 is 11.6 Å². The fraction of sp³-hybridized carbons (Fsp3) is 0.273. The molecule has 2 aromatic rings. The van der Waals surface area contributed by atoms with Crippen LogP contribution in [0.1, 0.15) is 17.2 Å². The highest BCUT2D eigenvalue weighted by atomic mass is 35.5. The minimum Gasteiger partial charge on any atom is -0.392 e. The first-order valence-electron chi connectivity index (χ1n) is 4.91. The Balaban J connectivity index is 2.62. The van der Waals surface area contributed by atoms with Crippen LogP contribution < -0.4 is 0 Å². The molecule has 0 saturated heterocycles. The predicted octanol–water partition coefficient (Wildman–Crippen LogP) is 2.03. The largest absolute Gasteiger partial charge is 0.392 e. The molecule has 0 bridgehead atoms. The second-order valence-corrected chi connectivity index (χ2v) is 3.99. The van der Waals surface area contributed by atoms with E-state index in [1.165, 1.54) is 0 Å². The minimum absolute atomic E-state index is 0.0507. The van der Waals surface area contributed by atoms with Crippen LogP contribution in [0.2, 0.25) is 5.02 Å². The number of rotatable bonds is 2. The first-order valence-corrected chi connectivity index (χ1v) is 5.29. The molecule has 0 aliphatic heterocycles. The van der Waals surface area contributed by atoms with Gasteiger partial charge in [0.05, 0.1) is 12.3 Å². The van der Waals surface area contributed by atoms with Gasteiger partial charge in [0.1, 0.15) is 11.6 Å². The van der Waals surface area contributed by atoms with E-state index in [2.05, 4.69) is 10.1 Å². The van der Waals surface area contributed by atoms with E-state index in [4.69, 9.17) is 11.6 Å². The maximum absolute atomic E-state index is 9.26. The number of aliphatic hydroxyl groups excluding tert-OH is 1. The summed E-state index contributed by atoms with van der Waals surface area (Å²) in [5.74, 6) is 1.47. The number of benzene rings is 1. The van der Waals surface area contributed by atoms with E-state index in [0.717, 1.165) is 17.1 Å². The summed E-state index contributed by atoms with van der Waals surface area (Å²) in [6.45, 7) is 3.64. The van der Waals surface area contributed by atoms with Crippen molar-refractivity contribution in [3.05, 3.63) is 40.4 Å². The van der Waals surface area contributed by atoms with Gasteiger partial charge < -0.3 is 5.11 Å². The topological polar surface area (TPSA) is 50.9 Å². The molecule has 84 valence electrons. The SMILES string of the molecule is Cc1nc(C)n(-c2cc(Cl)ccc2CO)n1. The first-order chi connectivity index (χ1) is 7.61. The van der Waals surface area contributed by atoms with E-state index in [-0.39, 0.29) is 6.61 Å². The number of hydrogen-bond acceptors (Lipinski definition) is 3. The van der Waals surface area contributed by atoms with Crippen LogP contribution in [0.25, 0.3) is 5.69 Å². The summed E-state index contributed by atoms with van der Waals surface area (Å²) in [5.41, 5.74) is 1.55. The van der Waals surface area contributed by atoms with Crippen LogP contribution in [0.15, 0.2) is 18.2 Å². The van der Waals surface area contributed by atoms with Crippen molar-refractivity contribution < 1.29 is 5.11 Å². The zero-order valence-electron chi connectivity index (χ0n) is 9.11. The van der Waals surface area contributed by atoms with Gasteiger partial charge in [-0.2, -0.15) is 5.10 Å². The summed E-state index contributed by atoms with van der Waals surface area (Å²) in [5, 5.41) is 14.1. The summed E-state index contributed by atoms with van der Waals surface area (Å²) >= 11 is 5.94. The van der Waals surface area contributed by atoms with Crippen molar-refractivity contribution in [2.75, 3.05) is 0 Å². The minimum atomic E-state index is -0.0507. The summed E-state index contributed by atoms with van der Waals surface area (Å²) in [4.78, 5) is 4.22. The van der Waals surface area contributed by atoms with Crippen LogP contribution in [0.4, 0.5) is 0 Å². The van der Waals surface area contributed by atoms with Crippen molar-refractivity contribution in [2.24, 2.45) is 0 Å². The molecule has 0 unspecified atom stereocenters. The fourth-order valence-corrected chi connectivity index (χ4v) is 1.78. The molecule has 16 heavy (non-hydrogen) atoms. The number of aromatic nitrogens is 3. The van der Waals surface area contributed by atoms with Gasteiger partial charge in [0.15, 0.2) is 0 Å². The molecule has 1 N–H and O–H groups in total. The molecule has 0 aliphatic rings. The third-order valence-electron chi connectivity index (χ3n) is 2.32. The molecule has 5 heteroatoms. The van der Waals surface area contributed by atoms with Gasteiger partial charge in [-0.3, -0.25) is 0 Å². The predicted molar refractivity (Wildman–Crippen MR) is 61.8 cm³/mol. The lowest BCUT2D eigenvalue weighted by Crippen LogP contribution is -2.03. The highest BCUT2D eigenvalue weighted by Gasteiger charge is 2.09. The smallest absolute Gasteiger partial charge is 0.148 e. The monoisotopic (exact) mass is 237 g/mol. The van der Waals surface area contributed by atoms with Gasteiger partial charge in [0.2, 0.25) is 0 Å². The fourth-order valence-electron chi connectivity index (χ4n) is 1.62. The molecule has 0 aliphatic carbocycles. The molecule has 0 atom stereocenters. The van der Waals surface area contributed by atoms with Crippen molar-refractivity contribution in [1.82, 2.24) is 14.8 Å². The third kappa shape index (κ3) is 1.94. The van der Waals surface area contributed by atoms with Gasteiger partial charge in [-0.25, -0.2) is 9.67 Å². The zero-order chi connectivity index (χ0) is 11.7. The van der Waals surface area contributed by atoms with E-state index >= 15 is 0 Å². The molecule has 1 aromatic heterocycles. The number of nitrogens with zero attached hydrogens (tertiary/aromatic N) is 3. The Labute approximate surface area is 98.5 Å². The van der Waals surface area contributed by atoms with Gasteiger partial charge in [0.25, 0.3) is 0 Å². The lowest BCUT2D eigenvalue weighted by Gasteiger charge is -2.08. The van der Waals surface area contributed by atoms with E-state index in [1.54, 1.807) is 22.9 Å². The molecule has 0 amide bonds. The summed E-state index contributed by atoms with van der Waals surface area (Å²) < 4.78 is 1.69. The quantitative estimate of drug-likeness (QED) is 0.870. The second-order valence-electron chi connectivity index (χ2n) is 3.55. The Morgan fingerprint density at radius 3 is 2.69 bits per heavy atom. The first kappa shape index (κ1) is 11.1. The molecule has 0 fully saturated rings. The number of hydrogen-bond donors (Lipinski definition) is 1. The van der Waals surface area contributed by atoms with E-state index in [0.29, 0.717) is 10.8 Å². The van der Waals surface area contributed by atoms with Crippen LogP contribution in [0.3, 0.4) is 0 Å². The second kappa shape index (κ2) is 4.23. The van der Waals surface area contributed by atoms with Crippen molar-refractivity contribution in [3.63, 3.8) is 0 Å². The van der Waals surface area contributed by atoms with Gasteiger partial charge in [0, 0.05) is 10.6 Å². The Morgan fingerprint density at radius 1 is 1.38 bits per heavy atom. The summed E-state index contributed by atoms with van der Waals surface area (Å²) in [6.07, 6.45) is 0. The molecule has 0 spiro atoms. The molecule has 1 heterocycles. The number of aliphatic hydroxyl groups is 1. The van der Waals surface area contributed by atoms with Gasteiger partial charge in [-0.1, -0.05) is 17.7 Å². The maximum Gasteiger partial charge on any atom is 0.148 e.